The SMILES string of the molecule is CC(C)OCC(O)CN1CC(CO)OC(C)(C)C1. The Kier molecular flexibility index (Phi) is 6.01. The number of morpholine rings is 1. The minimum absolute atomic E-state index is 0.0124. The molecule has 2 atom stereocenters. The van der Waals surface area contributed by atoms with Gasteiger partial charge >= 0.3 is 0 Å². The number of ether oxygens (including phenoxy) is 2. The van der Waals surface area contributed by atoms with Gasteiger partial charge in [-0.15, -0.1) is 0 Å². The number of hydrogen-bond acceptors (Lipinski definition) is 5. The van der Waals surface area contributed by atoms with Crippen molar-refractivity contribution in [1.29, 1.82) is 0 Å². The number of hydrogen-bond donors (Lipinski definition) is 2. The fourth-order valence-electron chi connectivity index (χ4n) is 2.31. The average molecular weight is 261 g/mol. The molecule has 0 aliphatic carbocycles. The second-order valence-corrected chi connectivity index (χ2v) is 5.91. The van der Waals surface area contributed by atoms with Gasteiger partial charge in [-0.3, -0.25) is 4.90 Å². The van der Waals surface area contributed by atoms with Gasteiger partial charge in [0.25, 0.3) is 0 Å². The summed E-state index contributed by atoms with van der Waals surface area (Å²) in [5.74, 6) is 0. The van der Waals surface area contributed by atoms with Gasteiger partial charge in [-0.25, -0.2) is 0 Å². The number of aliphatic hydroxyl groups excluding tert-OH is 2. The van der Waals surface area contributed by atoms with Crippen LogP contribution in [0.15, 0.2) is 0 Å². The lowest BCUT2D eigenvalue weighted by Crippen LogP contribution is -2.55. The lowest BCUT2D eigenvalue weighted by Gasteiger charge is -2.42. The van der Waals surface area contributed by atoms with Gasteiger partial charge < -0.3 is 19.7 Å². The number of aliphatic hydroxyl groups is 2. The maximum atomic E-state index is 9.91. The van der Waals surface area contributed by atoms with E-state index in [1.807, 2.05) is 27.7 Å². The van der Waals surface area contributed by atoms with Crippen molar-refractivity contribution in [2.45, 2.75) is 51.6 Å². The molecule has 1 saturated heterocycles. The molecule has 1 heterocycles. The van der Waals surface area contributed by atoms with Crippen LogP contribution in [0.25, 0.3) is 0 Å². The summed E-state index contributed by atoms with van der Waals surface area (Å²) in [7, 11) is 0. The molecule has 0 aromatic heterocycles. The summed E-state index contributed by atoms with van der Waals surface area (Å²) < 4.78 is 11.1. The maximum Gasteiger partial charge on any atom is 0.0940 e. The summed E-state index contributed by atoms with van der Waals surface area (Å²) in [6, 6.07) is 0. The molecule has 5 nitrogen and oxygen atoms in total. The molecular formula is C13H27NO4. The van der Waals surface area contributed by atoms with Crippen molar-refractivity contribution in [3.8, 4) is 0 Å². The summed E-state index contributed by atoms with van der Waals surface area (Å²) in [4.78, 5) is 2.12. The number of β-amino-alcohol motifs (C(OH)–C–C–N with tert-alkyl or cyclic N) is 1. The molecule has 0 radical (unpaired) electrons. The molecule has 1 aliphatic rings. The van der Waals surface area contributed by atoms with E-state index < -0.39 is 6.10 Å². The Morgan fingerprint density at radius 1 is 1.44 bits per heavy atom. The predicted molar refractivity (Wildman–Crippen MR) is 69.6 cm³/mol. The molecule has 1 rings (SSSR count). The molecule has 1 fully saturated rings. The molecule has 2 N–H and O–H groups in total. The van der Waals surface area contributed by atoms with Gasteiger partial charge in [0, 0.05) is 19.6 Å². The van der Waals surface area contributed by atoms with Crippen molar-refractivity contribution < 1.29 is 19.7 Å². The van der Waals surface area contributed by atoms with Gasteiger partial charge in [0.15, 0.2) is 0 Å². The van der Waals surface area contributed by atoms with Gasteiger partial charge in [0.05, 0.1) is 37.1 Å². The normalized spacial score (nSPS) is 26.5. The molecule has 0 spiro atoms. The Bertz CT molecular complexity index is 245. The molecule has 0 amide bonds. The smallest absolute Gasteiger partial charge is 0.0940 e. The Morgan fingerprint density at radius 3 is 2.67 bits per heavy atom. The van der Waals surface area contributed by atoms with Gasteiger partial charge in [-0.1, -0.05) is 0 Å². The molecule has 18 heavy (non-hydrogen) atoms. The molecule has 2 unspecified atom stereocenters. The highest BCUT2D eigenvalue weighted by atomic mass is 16.5. The van der Waals surface area contributed by atoms with Crippen LogP contribution in [0.2, 0.25) is 0 Å². The first kappa shape index (κ1) is 15.9. The molecule has 0 aromatic carbocycles. The lowest BCUT2D eigenvalue weighted by atomic mass is 10.0. The Hall–Kier alpha value is -0.200. The quantitative estimate of drug-likeness (QED) is 0.717. The van der Waals surface area contributed by atoms with Crippen LogP contribution in [0.1, 0.15) is 27.7 Å². The minimum Gasteiger partial charge on any atom is -0.394 e. The Balaban J connectivity index is 2.40. The van der Waals surface area contributed by atoms with Gasteiger partial charge in [-0.05, 0) is 27.7 Å². The third-order valence-electron chi connectivity index (χ3n) is 2.85. The highest BCUT2D eigenvalue weighted by molar-refractivity contribution is 4.84. The lowest BCUT2D eigenvalue weighted by molar-refractivity contribution is -0.155. The summed E-state index contributed by atoms with van der Waals surface area (Å²) in [6.07, 6.45) is -0.543. The van der Waals surface area contributed by atoms with Crippen molar-refractivity contribution >= 4 is 0 Å². The standard InChI is InChI=1S/C13H27NO4/c1-10(2)17-8-11(16)5-14-6-12(7-15)18-13(3,4)9-14/h10-12,15-16H,5-9H2,1-4H3. The van der Waals surface area contributed by atoms with E-state index in [1.54, 1.807) is 0 Å². The molecule has 0 aromatic rings. The van der Waals surface area contributed by atoms with Gasteiger partial charge in [0.2, 0.25) is 0 Å². The molecule has 5 heteroatoms. The summed E-state index contributed by atoms with van der Waals surface area (Å²) in [5, 5.41) is 19.1. The molecule has 108 valence electrons. The summed E-state index contributed by atoms with van der Waals surface area (Å²) >= 11 is 0. The monoisotopic (exact) mass is 261 g/mol. The Morgan fingerprint density at radius 2 is 2.11 bits per heavy atom. The van der Waals surface area contributed by atoms with Gasteiger partial charge in [-0.2, -0.15) is 0 Å². The summed E-state index contributed by atoms with van der Waals surface area (Å²) in [5.41, 5.74) is -0.287. The van der Waals surface area contributed by atoms with E-state index in [9.17, 15) is 10.2 Å². The van der Waals surface area contributed by atoms with Crippen LogP contribution in [-0.4, -0.2) is 71.9 Å². The molecule has 1 aliphatic heterocycles. The largest absolute Gasteiger partial charge is 0.394 e. The van der Waals surface area contributed by atoms with Crippen molar-refractivity contribution in [3.63, 3.8) is 0 Å². The number of nitrogens with zero attached hydrogens (tertiary/aromatic N) is 1. The predicted octanol–water partition coefficient (Wildman–Crippen LogP) is 0.244. The topological polar surface area (TPSA) is 62.2 Å². The van der Waals surface area contributed by atoms with Crippen molar-refractivity contribution in [2.24, 2.45) is 0 Å². The first-order valence-electron chi connectivity index (χ1n) is 6.63. The average Bonchev–Trinajstić information content (AvgIpc) is 2.24. The zero-order valence-electron chi connectivity index (χ0n) is 11.9. The summed E-state index contributed by atoms with van der Waals surface area (Å²) in [6.45, 7) is 10.2. The minimum atomic E-state index is -0.499. The highest BCUT2D eigenvalue weighted by Crippen LogP contribution is 2.20. The second kappa shape index (κ2) is 6.82. The van der Waals surface area contributed by atoms with E-state index >= 15 is 0 Å². The van der Waals surface area contributed by atoms with Crippen LogP contribution < -0.4 is 0 Å². The van der Waals surface area contributed by atoms with Gasteiger partial charge in [0.1, 0.15) is 0 Å². The Labute approximate surface area is 110 Å². The molecule has 0 bridgehead atoms. The molecular weight excluding hydrogens is 234 g/mol. The van der Waals surface area contributed by atoms with Crippen molar-refractivity contribution in [3.05, 3.63) is 0 Å². The third kappa shape index (κ3) is 5.63. The fraction of sp³-hybridized carbons (Fsp3) is 1.00. The van der Waals surface area contributed by atoms with E-state index in [-0.39, 0.29) is 24.4 Å². The van der Waals surface area contributed by atoms with E-state index in [0.29, 0.717) is 19.7 Å². The fourth-order valence-corrected chi connectivity index (χ4v) is 2.31. The maximum absolute atomic E-state index is 9.91. The first-order valence-corrected chi connectivity index (χ1v) is 6.63. The second-order valence-electron chi connectivity index (χ2n) is 5.91. The van der Waals surface area contributed by atoms with E-state index in [2.05, 4.69) is 4.90 Å². The molecule has 0 saturated carbocycles. The number of rotatable bonds is 6. The van der Waals surface area contributed by atoms with Crippen LogP contribution in [0.5, 0.6) is 0 Å². The van der Waals surface area contributed by atoms with E-state index in [4.69, 9.17) is 9.47 Å². The zero-order valence-corrected chi connectivity index (χ0v) is 11.9. The van der Waals surface area contributed by atoms with E-state index in [0.717, 1.165) is 6.54 Å². The zero-order chi connectivity index (χ0) is 13.8. The van der Waals surface area contributed by atoms with Crippen LogP contribution in [0.3, 0.4) is 0 Å². The highest BCUT2D eigenvalue weighted by Gasteiger charge is 2.33. The van der Waals surface area contributed by atoms with Crippen molar-refractivity contribution in [2.75, 3.05) is 32.8 Å². The van der Waals surface area contributed by atoms with Crippen LogP contribution in [-0.2, 0) is 9.47 Å². The van der Waals surface area contributed by atoms with Crippen molar-refractivity contribution in [1.82, 2.24) is 4.90 Å². The first-order chi connectivity index (χ1) is 8.32. The van der Waals surface area contributed by atoms with Crippen LogP contribution in [0.4, 0.5) is 0 Å². The third-order valence-corrected chi connectivity index (χ3v) is 2.85. The van der Waals surface area contributed by atoms with Crippen LogP contribution >= 0.6 is 0 Å². The van der Waals surface area contributed by atoms with Crippen LogP contribution in [0, 0.1) is 0 Å². The van der Waals surface area contributed by atoms with E-state index in [1.165, 1.54) is 0 Å².